The Kier molecular flexibility index (Phi) is 2.94. The van der Waals surface area contributed by atoms with Gasteiger partial charge in [-0.15, -0.1) is 0 Å². The van der Waals surface area contributed by atoms with Crippen molar-refractivity contribution in [1.29, 1.82) is 0 Å². The quantitative estimate of drug-likeness (QED) is 0.605. The molecule has 0 spiro atoms. The van der Waals surface area contributed by atoms with Crippen LogP contribution >= 0.6 is 0 Å². The minimum Gasteiger partial charge on any atom is -0.306 e. The summed E-state index contributed by atoms with van der Waals surface area (Å²) >= 11 is 0. The van der Waals surface area contributed by atoms with Crippen molar-refractivity contribution in [3.05, 3.63) is 0 Å². The molecule has 0 aromatic carbocycles. The van der Waals surface area contributed by atoms with E-state index in [0.29, 0.717) is 0 Å². The van der Waals surface area contributed by atoms with Crippen LogP contribution in [0.15, 0.2) is 0 Å². The molecule has 1 heteroatoms. The van der Waals surface area contributed by atoms with E-state index >= 15 is 0 Å². The second-order valence-electron chi connectivity index (χ2n) is 4.50. The van der Waals surface area contributed by atoms with E-state index < -0.39 is 0 Å². The van der Waals surface area contributed by atoms with Crippen molar-refractivity contribution in [2.24, 2.45) is 11.8 Å². The summed E-state index contributed by atoms with van der Waals surface area (Å²) in [4.78, 5) is 2.39. The van der Waals surface area contributed by atoms with Crippen LogP contribution in [0.5, 0.6) is 0 Å². The summed E-state index contributed by atoms with van der Waals surface area (Å²) in [6.45, 7) is 4.65. The minimum absolute atomic E-state index is 0.878. The summed E-state index contributed by atoms with van der Waals surface area (Å²) in [6.07, 6.45) is 4.30. The first-order valence-corrected chi connectivity index (χ1v) is 4.77. The van der Waals surface area contributed by atoms with Gasteiger partial charge in [-0.2, -0.15) is 0 Å². The molecule has 1 rings (SSSR count). The lowest BCUT2D eigenvalue weighted by atomic mass is 9.74. The van der Waals surface area contributed by atoms with Crippen LogP contribution in [-0.4, -0.2) is 25.0 Å². The van der Waals surface area contributed by atoms with Crippen LogP contribution < -0.4 is 0 Å². The molecule has 1 aliphatic rings. The molecule has 0 aliphatic heterocycles. The molecule has 11 heavy (non-hydrogen) atoms. The van der Waals surface area contributed by atoms with Gasteiger partial charge in [0.05, 0.1) is 0 Å². The van der Waals surface area contributed by atoms with Gasteiger partial charge < -0.3 is 4.90 Å². The molecule has 0 bridgehead atoms. The normalized spacial score (nSPS) is 31.1. The summed E-state index contributed by atoms with van der Waals surface area (Å²) in [5.41, 5.74) is 0. The largest absolute Gasteiger partial charge is 0.306 e. The van der Waals surface area contributed by atoms with Crippen LogP contribution in [0.1, 0.15) is 33.1 Å². The van der Waals surface area contributed by atoms with Gasteiger partial charge in [-0.3, -0.25) is 0 Å². The lowest BCUT2D eigenvalue weighted by Gasteiger charge is -2.42. The second kappa shape index (κ2) is 3.57. The van der Waals surface area contributed by atoms with Crippen molar-refractivity contribution in [2.45, 2.75) is 39.2 Å². The molecule has 0 heterocycles. The molecule has 1 saturated carbocycles. The molecule has 2 atom stereocenters. The fourth-order valence-electron chi connectivity index (χ4n) is 2.11. The smallest absolute Gasteiger partial charge is 0.0118 e. The second-order valence-corrected chi connectivity index (χ2v) is 4.50. The number of hydrogen-bond donors (Lipinski definition) is 0. The molecule has 0 radical (unpaired) electrons. The highest BCUT2D eigenvalue weighted by molar-refractivity contribution is 4.86. The van der Waals surface area contributed by atoms with Crippen molar-refractivity contribution in [2.75, 3.05) is 14.1 Å². The number of nitrogens with zero attached hydrogens (tertiary/aromatic N) is 1. The molecule has 0 N–H and O–H groups in total. The molecular weight excluding hydrogens is 134 g/mol. The topological polar surface area (TPSA) is 3.24 Å². The SMILES string of the molecule is CC(C)CC1CCC1N(C)C. The van der Waals surface area contributed by atoms with Gasteiger partial charge in [-0.05, 0) is 45.2 Å². The van der Waals surface area contributed by atoms with E-state index in [0.717, 1.165) is 17.9 Å². The molecule has 1 aliphatic carbocycles. The summed E-state index contributed by atoms with van der Waals surface area (Å²) in [7, 11) is 4.41. The lowest BCUT2D eigenvalue weighted by molar-refractivity contribution is 0.0897. The van der Waals surface area contributed by atoms with Crippen molar-refractivity contribution in [1.82, 2.24) is 4.90 Å². The van der Waals surface area contributed by atoms with Crippen LogP contribution in [0.3, 0.4) is 0 Å². The van der Waals surface area contributed by atoms with Gasteiger partial charge in [-0.25, -0.2) is 0 Å². The van der Waals surface area contributed by atoms with Crippen LogP contribution in [0.2, 0.25) is 0 Å². The van der Waals surface area contributed by atoms with Crippen LogP contribution in [0.4, 0.5) is 0 Å². The monoisotopic (exact) mass is 155 g/mol. The van der Waals surface area contributed by atoms with Crippen LogP contribution in [0, 0.1) is 11.8 Å². The molecule has 0 saturated heterocycles. The van der Waals surface area contributed by atoms with Gasteiger partial charge in [-0.1, -0.05) is 13.8 Å². The van der Waals surface area contributed by atoms with E-state index in [1.165, 1.54) is 19.3 Å². The standard InChI is InChI=1S/C10H21N/c1-8(2)7-9-5-6-10(9)11(3)4/h8-10H,5-7H2,1-4H3. The molecule has 66 valence electrons. The first-order chi connectivity index (χ1) is 5.11. The number of rotatable bonds is 3. The zero-order chi connectivity index (χ0) is 8.43. The fraction of sp³-hybridized carbons (Fsp3) is 1.00. The third kappa shape index (κ3) is 2.19. The van der Waals surface area contributed by atoms with Gasteiger partial charge in [0.15, 0.2) is 0 Å². The molecule has 1 nitrogen and oxygen atoms in total. The summed E-state index contributed by atoms with van der Waals surface area (Å²) in [5, 5.41) is 0. The Morgan fingerprint density at radius 1 is 1.27 bits per heavy atom. The van der Waals surface area contributed by atoms with Crippen molar-refractivity contribution < 1.29 is 0 Å². The number of hydrogen-bond acceptors (Lipinski definition) is 1. The zero-order valence-electron chi connectivity index (χ0n) is 8.30. The Bertz CT molecular complexity index is 118. The highest BCUT2D eigenvalue weighted by Gasteiger charge is 2.32. The molecule has 1 fully saturated rings. The molecular formula is C10H21N. The Balaban J connectivity index is 2.26. The Labute approximate surface area is 70.8 Å². The van der Waals surface area contributed by atoms with Gasteiger partial charge in [0.1, 0.15) is 0 Å². The zero-order valence-corrected chi connectivity index (χ0v) is 8.30. The summed E-state index contributed by atoms with van der Waals surface area (Å²) in [5.74, 6) is 1.87. The van der Waals surface area contributed by atoms with Crippen LogP contribution in [-0.2, 0) is 0 Å². The first-order valence-electron chi connectivity index (χ1n) is 4.77. The molecule has 0 aromatic rings. The Morgan fingerprint density at radius 3 is 2.18 bits per heavy atom. The maximum atomic E-state index is 2.39. The predicted molar refractivity (Wildman–Crippen MR) is 49.7 cm³/mol. The predicted octanol–water partition coefficient (Wildman–Crippen LogP) is 2.37. The van der Waals surface area contributed by atoms with Gasteiger partial charge in [0, 0.05) is 6.04 Å². The molecule has 2 unspecified atom stereocenters. The Morgan fingerprint density at radius 2 is 1.91 bits per heavy atom. The van der Waals surface area contributed by atoms with E-state index in [2.05, 4.69) is 32.8 Å². The average molecular weight is 155 g/mol. The maximum absolute atomic E-state index is 2.39. The first kappa shape index (κ1) is 9.05. The van der Waals surface area contributed by atoms with Gasteiger partial charge >= 0.3 is 0 Å². The van der Waals surface area contributed by atoms with E-state index in [-0.39, 0.29) is 0 Å². The minimum atomic E-state index is 0.878. The third-order valence-electron chi connectivity index (χ3n) is 2.81. The highest BCUT2D eigenvalue weighted by atomic mass is 15.1. The highest BCUT2D eigenvalue weighted by Crippen LogP contribution is 2.35. The van der Waals surface area contributed by atoms with E-state index in [1.54, 1.807) is 0 Å². The lowest BCUT2D eigenvalue weighted by Crippen LogP contribution is -2.43. The maximum Gasteiger partial charge on any atom is 0.0118 e. The van der Waals surface area contributed by atoms with E-state index in [9.17, 15) is 0 Å². The Hall–Kier alpha value is -0.0400. The molecule has 0 amide bonds. The summed E-state index contributed by atoms with van der Waals surface area (Å²) in [6, 6.07) is 0.886. The van der Waals surface area contributed by atoms with Gasteiger partial charge in [0.2, 0.25) is 0 Å². The fourth-order valence-corrected chi connectivity index (χ4v) is 2.11. The van der Waals surface area contributed by atoms with Crippen molar-refractivity contribution in [3.63, 3.8) is 0 Å². The average Bonchev–Trinajstić information content (AvgIpc) is 1.78. The van der Waals surface area contributed by atoms with Gasteiger partial charge in [0.25, 0.3) is 0 Å². The van der Waals surface area contributed by atoms with Crippen molar-refractivity contribution >= 4 is 0 Å². The van der Waals surface area contributed by atoms with E-state index in [4.69, 9.17) is 0 Å². The van der Waals surface area contributed by atoms with Crippen LogP contribution in [0.25, 0.3) is 0 Å². The van der Waals surface area contributed by atoms with E-state index in [1.807, 2.05) is 0 Å². The summed E-state index contributed by atoms with van der Waals surface area (Å²) < 4.78 is 0. The molecule has 0 aromatic heterocycles. The van der Waals surface area contributed by atoms with Crippen molar-refractivity contribution in [3.8, 4) is 0 Å². The third-order valence-corrected chi connectivity index (χ3v) is 2.81.